The second kappa shape index (κ2) is 4.34. The highest BCUT2D eigenvalue weighted by Crippen LogP contribution is 2.27. The van der Waals surface area contributed by atoms with Gasteiger partial charge in [-0.05, 0) is 25.3 Å². The Morgan fingerprint density at radius 3 is 2.62 bits per heavy atom. The molecule has 4 nitrogen and oxygen atoms in total. The van der Waals surface area contributed by atoms with E-state index >= 15 is 0 Å². The van der Waals surface area contributed by atoms with Gasteiger partial charge in [-0.25, -0.2) is 4.39 Å². The summed E-state index contributed by atoms with van der Waals surface area (Å²) in [5.41, 5.74) is 0. The third kappa shape index (κ3) is 5.95. The molecule has 0 aromatic carbocycles. The molecule has 2 N–H and O–H groups in total. The lowest BCUT2D eigenvalue weighted by Gasteiger charge is -2.06. The summed E-state index contributed by atoms with van der Waals surface area (Å²) in [6.07, 6.45) is 0.818. The van der Waals surface area contributed by atoms with Gasteiger partial charge in [0.15, 0.2) is 0 Å². The largest absolute Gasteiger partial charge is 0.314 e. The first-order valence-corrected chi connectivity index (χ1v) is 5.88. The van der Waals surface area contributed by atoms with Crippen molar-refractivity contribution < 1.29 is 17.4 Å². The second-order valence-electron chi connectivity index (χ2n) is 3.45. The summed E-state index contributed by atoms with van der Waals surface area (Å²) in [5.74, 6) is -0.178. The molecule has 1 fully saturated rings. The highest BCUT2D eigenvalue weighted by molar-refractivity contribution is 7.85. The molecule has 0 unspecified atom stereocenters. The van der Waals surface area contributed by atoms with Crippen molar-refractivity contribution in [2.45, 2.75) is 19.0 Å². The molecule has 0 aromatic rings. The molecule has 1 rings (SSSR count). The van der Waals surface area contributed by atoms with Gasteiger partial charge in [0.25, 0.3) is 10.1 Å². The third-order valence-corrected chi connectivity index (χ3v) is 2.67. The number of rotatable bonds is 6. The van der Waals surface area contributed by atoms with Crippen molar-refractivity contribution in [3.05, 3.63) is 0 Å². The van der Waals surface area contributed by atoms with Crippen LogP contribution in [-0.4, -0.2) is 38.0 Å². The normalized spacial score (nSPS) is 20.2. The van der Waals surface area contributed by atoms with E-state index < -0.39 is 22.0 Å². The van der Waals surface area contributed by atoms with Crippen LogP contribution in [-0.2, 0) is 10.1 Å². The molecule has 0 aliphatic heterocycles. The summed E-state index contributed by atoms with van der Waals surface area (Å²) in [6, 6.07) is 0. The van der Waals surface area contributed by atoms with Crippen LogP contribution in [0.2, 0.25) is 0 Å². The van der Waals surface area contributed by atoms with Gasteiger partial charge in [-0.15, -0.1) is 0 Å². The Labute approximate surface area is 77.3 Å². The summed E-state index contributed by atoms with van der Waals surface area (Å²) < 4.78 is 41.6. The van der Waals surface area contributed by atoms with Crippen LogP contribution < -0.4 is 5.32 Å². The Hall–Kier alpha value is -0.200. The molecule has 0 spiro atoms. The van der Waals surface area contributed by atoms with Crippen molar-refractivity contribution in [1.29, 1.82) is 0 Å². The maximum atomic E-state index is 12.8. The SMILES string of the molecule is O=S(=O)(O)C[C@@H](F)CNCC1CC1. The van der Waals surface area contributed by atoms with Gasteiger partial charge in [0.2, 0.25) is 0 Å². The van der Waals surface area contributed by atoms with E-state index in [4.69, 9.17) is 4.55 Å². The van der Waals surface area contributed by atoms with Crippen LogP contribution in [0.4, 0.5) is 4.39 Å². The Morgan fingerprint density at radius 2 is 2.15 bits per heavy atom. The van der Waals surface area contributed by atoms with E-state index in [0.717, 1.165) is 6.54 Å². The molecule has 6 heteroatoms. The van der Waals surface area contributed by atoms with Crippen molar-refractivity contribution in [2.75, 3.05) is 18.8 Å². The predicted molar refractivity (Wildman–Crippen MR) is 46.9 cm³/mol. The van der Waals surface area contributed by atoms with Crippen molar-refractivity contribution >= 4 is 10.1 Å². The number of nitrogens with one attached hydrogen (secondary N) is 1. The van der Waals surface area contributed by atoms with E-state index in [1.54, 1.807) is 0 Å². The zero-order chi connectivity index (χ0) is 9.90. The van der Waals surface area contributed by atoms with Crippen LogP contribution in [0.3, 0.4) is 0 Å². The second-order valence-corrected chi connectivity index (χ2v) is 4.94. The summed E-state index contributed by atoms with van der Waals surface area (Å²) in [7, 11) is -4.17. The minimum Gasteiger partial charge on any atom is -0.314 e. The van der Waals surface area contributed by atoms with Gasteiger partial charge in [-0.1, -0.05) is 0 Å². The fourth-order valence-electron chi connectivity index (χ4n) is 1.05. The monoisotopic (exact) mass is 211 g/mol. The van der Waals surface area contributed by atoms with E-state index in [2.05, 4.69) is 5.32 Å². The van der Waals surface area contributed by atoms with Gasteiger partial charge >= 0.3 is 0 Å². The molecule has 0 radical (unpaired) electrons. The zero-order valence-corrected chi connectivity index (χ0v) is 8.06. The van der Waals surface area contributed by atoms with Gasteiger partial charge in [-0.2, -0.15) is 8.42 Å². The standard InChI is InChI=1S/C7H14FNO3S/c8-7(5-13(10,11)12)4-9-3-6-1-2-6/h6-7,9H,1-5H2,(H,10,11,12)/t7-/m0/s1. The van der Waals surface area contributed by atoms with Gasteiger partial charge in [0.05, 0.1) is 0 Å². The molecule has 1 atom stereocenters. The number of hydrogen-bond donors (Lipinski definition) is 2. The Kier molecular flexibility index (Phi) is 3.63. The molecule has 0 bridgehead atoms. The fourth-order valence-corrected chi connectivity index (χ4v) is 1.63. The average Bonchev–Trinajstić information content (AvgIpc) is 2.66. The highest BCUT2D eigenvalue weighted by Gasteiger charge is 2.21. The van der Waals surface area contributed by atoms with Crippen molar-refractivity contribution in [1.82, 2.24) is 5.32 Å². The lowest BCUT2D eigenvalue weighted by molar-refractivity contribution is 0.336. The Bertz CT molecular complexity index is 250. The van der Waals surface area contributed by atoms with E-state index in [0.29, 0.717) is 5.92 Å². The third-order valence-electron chi connectivity index (χ3n) is 1.89. The number of hydrogen-bond acceptors (Lipinski definition) is 3. The molecule has 0 amide bonds. The predicted octanol–water partition coefficient (Wildman–Crippen LogP) is 0.212. The smallest absolute Gasteiger partial charge is 0.267 e. The number of halogens is 1. The Morgan fingerprint density at radius 1 is 1.54 bits per heavy atom. The van der Waals surface area contributed by atoms with Crippen molar-refractivity contribution in [3.8, 4) is 0 Å². The topological polar surface area (TPSA) is 66.4 Å². The van der Waals surface area contributed by atoms with E-state index in [1.807, 2.05) is 0 Å². The first kappa shape index (κ1) is 10.9. The molecule has 78 valence electrons. The molecular weight excluding hydrogens is 197 g/mol. The first-order chi connectivity index (χ1) is 5.97. The van der Waals surface area contributed by atoms with E-state index in [-0.39, 0.29) is 6.54 Å². The lowest BCUT2D eigenvalue weighted by atomic mass is 10.4. The Balaban J connectivity index is 2.05. The minimum atomic E-state index is -4.17. The van der Waals surface area contributed by atoms with E-state index in [1.165, 1.54) is 12.8 Å². The fraction of sp³-hybridized carbons (Fsp3) is 1.00. The molecule has 0 heterocycles. The van der Waals surface area contributed by atoms with Crippen LogP contribution in [0.5, 0.6) is 0 Å². The van der Waals surface area contributed by atoms with Gasteiger partial charge in [-0.3, -0.25) is 4.55 Å². The average molecular weight is 211 g/mol. The molecular formula is C7H14FNO3S. The van der Waals surface area contributed by atoms with Gasteiger partial charge in [0.1, 0.15) is 11.9 Å². The lowest BCUT2D eigenvalue weighted by Crippen LogP contribution is -2.30. The maximum Gasteiger partial charge on any atom is 0.267 e. The van der Waals surface area contributed by atoms with Gasteiger partial charge < -0.3 is 5.32 Å². The summed E-state index contributed by atoms with van der Waals surface area (Å²) in [6.45, 7) is 0.738. The molecule has 1 aliphatic rings. The molecule has 1 aliphatic carbocycles. The minimum absolute atomic E-state index is 0.00368. The van der Waals surface area contributed by atoms with Crippen molar-refractivity contribution in [3.63, 3.8) is 0 Å². The van der Waals surface area contributed by atoms with Crippen LogP contribution in [0, 0.1) is 5.92 Å². The molecule has 0 saturated heterocycles. The summed E-state index contributed by atoms with van der Waals surface area (Å²) >= 11 is 0. The van der Waals surface area contributed by atoms with Crippen LogP contribution >= 0.6 is 0 Å². The highest BCUT2D eigenvalue weighted by atomic mass is 32.2. The van der Waals surface area contributed by atoms with Crippen molar-refractivity contribution in [2.24, 2.45) is 5.92 Å². The summed E-state index contributed by atoms with van der Waals surface area (Å²) in [5, 5.41) is 2.82. The summed E-state index contributed by atoms with van der Waals surface area (Å²) in [4.78, 5) is 0. The molecule has 1 saturated carbocycles. The maximum absolute atomic E-state index is 12.8. The van der Waals surface area contributed by atoms with Crippen LogP contribution in [0.15, 0.2) is 0 Å². The number of alkyl halides is 1. The molecule has 0 aromatic heterocycles. The quantitative estimate of drug-likeness (QED) is 0.616. The zero-order valence-electron chi connectivity index (χ0n) is 7.24. The molecule has 13 heavy (non-hydrogen) atoms. The first-order valence-electron chi connectivity index (χ1n) is 4.27. The van der Waals surface area contributed by atoms with Crippen LogP contribution in [0.1, 0.15) is 12.8 Å². The van der Waals surface area contributed by atoms with Gasteiger partial charge in [0, 0.05) is 6.54 Å². The van der Waals surface area contributed by atoms with E-state index in [9.17, 15) is 12.8 Å². The van der Waals surface area contributed by atoms with Crippen LogP contribution in [0.25, 0.3) is 0 Å².